The number of rotatable bonds is 5. The average molecular weight is 326 g/mol. The van der Waals surface area contributed by atoms with Crippen LogP contribution in [0.4, 0.5) is 22.0 Å². The zero-order valence-corrected chi connectivity index (χ0v) is 13.4. The van der Waals surface area contributed by atoms with E-state index in [9.17, 15) is 26.7 Å². The van der Waals surface area contributed by atoms with Gasteiger partial charge in [0.1, 0.15) is 0 Å². The fourth-order valence-corrected chi connectivity index (χ4v) is 5.58. The summed E-state index contributed by atoms with van der Waals surface area (Å²) in [5.41, 5.74) is -1.02. The second kappa shape index (κ2) is 6.44. The molecule has 7 heteroatoms. The smallest absolute Gasteiger partial charge is 0.200 e. The van der Waals surface area contributed by atoms with E-state index in [-0.39, 0.29) is 23.5 Å². The van der Waals surface area contributed by atoms with Crippen LogP contribution < -0.4 is 0 Å². The zero-order chi connectivity index (χ0) is 16.5. The van der Waals surface area contributed by atoms with Gasteiger partial charge in [0.05, 0.1) is 0 Å². The first-order valence-corrected chi connectivity index (χ1v) is 9.07. The molecule has 0 heterocycles. The van der Waals surface area contributed by atoms with Crippen LogP contribution in [-0.4, -0.2) is 13.1 Å². The van der Waals surface area contributed by atoms with Crippen LogP contribution in [0.15, 0.2) is 0 Å². The first-order valence-electron chi connectivity index (χ1n) is 6.76. The van der Waals surface area contributed by atoms with Crippen LogP contribution in [0.1, 0.15) is 33.3 Å². The van der Waals surface area contributed by atoms with E-state index in [4.69, 9.17) is 0 Å². The molecule has 1 N–H and O–H groups in total. The van der Waals surface area contributed by atoms with Crippen molar-refractivity contribution in [3.63, 3.8) is 0 Å². The molecule has 0 fully saturated rings. The van der Waals surface area contributed by atoms with Gasteiger partial charge in [0.15, 0.2) is 31.6 Å². The molecule has 0 saturated carbocycles. The minimum Gasteiger partial charge on any atom is -0.431 e. The van der Waals surface area contributed by atoms with Crippen LogP contribution in [0.3, 0.4) is 0 Å². The summed E-state index contributed by atoms with van der Waals surface area (Å²) in [6.45, 7) is 7.19. The monoisotopic (exact) mass is 326 g/mol. The second-order valence-electron chi connectivity index (χ2n) is 5.85. The summed E-state index contributed by atoms with van der Waals surface area (Å²) in [7, 11) is -2.85. The average Bonchev–Trinajstić information content (AvgIpc) is 2.42. The fraction of sp³-hybridized carbons (Fsp3) is 0.571. The Morgan fingerprint density at radius 1 is 0.762 bits per heavy atom. The maximum atomic E-state index is 13.6. The topological polar surface area (TPSA) is 20.2 Å². The van der Waals surface area contributed by atoms with E-state index in [1.807, 2.05) is 0 Å². The Kier molecular flexibility index (Phi) is 5.55. The van der Waals surface area contributed by atoms with E-state index in [0.29, 0.717) is 0 Å². The van der Waals surface area contributed by atoms with Gasteiger partial charge < -0.3 is 4.80 Å². The predicted octanol–water partition coefficient (Wildman–Crippen LogP) is 4.68. The summed E-state index contributed by atoms with van der Waals surface area (Å²) in [6, 6.07) is 0.0423. The van der Waals surface area contributed by atoms with Gasteiger partial charge in [0, 0.05) is 5.56 Å². The van der Waals surface area contributed by atoms with Crippen molar-refractivity contribution in [3.8, 4) is 0 Å². The summed E-state index contributed by atoms with van der Waals surface area (Å²) in [5, 5.41) is 0. The Labute approximate surface area is 121 Å². The molecule has 1 nitrogen and oxygen atoms in total. The third-order valence-electron chi connectivity index (χ3n) is 4.08. The van der Waals surface area contributed by atoms with E-state index in [1.165, 1.54) is 0 Å². The lowest BCUT2D eigenvalue weighted by atomic mass is 10.1. The van der Waals surface area contributed by atoms with Crippen molar-refractivity contribution >= 4 is 8.32 Å². The highest BCUT2D eigenvalue weighted by atomic mass is 28.4. The number of hydrogen-bond donors (Lipinski definition) is 1. The first kappa shape index (κ1) is 18.1. The Morgan fingerprint density at radius 3 is 1.43 bits per heavy atom. The highest BCUT2D eigenvalue weighted by Crippen LogP contribution is 2.35. The van der Waals surface area contributed by atoms with Crippen molar-refractivity contribution < 1.29 is 26.7 Å². The Hall–Kier alpha value is -0.953. The molecule has 0 aromatic heterocycles. The number of halogens is 5. The van der Waals surface area contributed by atoms with Crippen LogP contribution in [-0.2, 0) is 6.42 Å². The highest BCUT2D eigenvalue weighted by molar-refractivity contribution is 6.75. The molecule has 0 aliphatic rings. The minimum atomic E-state index is -2.85. The summed E-state index contributed by atoms with van der Waals surface area (Å²) >= 11 is 0. The van der Waals surface area contributed by atoms with E-state index < -0.39 is 43.0 Å². The summed E-state index contributed by atoms with van der Waals surface area (Å²) < 4.78 is 66.4. The van der Waals surface area contributed by atoms with Crippen LogP contribution in [0.5, 0.6) is 0 Å². The van der Waals surface area contributed by atoms with Crippen LogP contribution in [0.2, 0.25) is 17.1 Å². The van der Waals surface area contributed by atoms with Crippen molar-refractivity contribution in [1.29, 1.82) is 0 Å². The minimum absolute atomic E-state index is 0.0423. The maximum absolute atomic E-state index is 13.6. The van der Waals surface area contributed by atoms with Gasteiger partial charge in [-0.1, -0.05) is 27.7 Å². The molecule has 0 spiro atoms. The Bertz CT molecular complexity index is 494. The van der Waals surface area contributed by atoms with Crippen molar-refractivity contribution in [3.05, 3.63) is 34.6 Å². The third kappa shape index (κ3) is 3.29. The van der Waals surface area contributed by atoms with Gasteiger partial charge in [-0.15, -0.1) is 0 Å². The van der Waals surface area contributed by atoms with Crippen LogP contribution in [0, 0.1) is 29.1 Å². The molecule has 1 rings (SSSR count). The van der Waals surface area contributed by atoms with Crippen molar-refractivity contribution in [2.24, 2.45) is 0 Å². The molecular formula is C14H19F5OSi. The summed E-state index contributed by atoms with van der Waals surface area (Å²) in [4.78, 5) is 10.6. The van der Waals surface area contributed by atoms with Gasteiger partial charge in [-0.05, 0) is 23.5 Å². The zero-order valence-electron chi connectivity index (χ0n) is 12.4. The van der Waals surface area contributed by atoms with Crippen molar-refractivity contribution in [2.45, 2.75) is 51.2 Å². The van der Waals surface area contributed by atoms with E-state index in [2.05, 4.69) is 0 Å². The highest BCUT2D eigenvalue weighted by Gasteiger charge is 2.39. The fourth-order valence-electron chi connectivity index (χ4n) is 2.44. The Morgan fingerprint density at radius 2 is 1.10 bits per heavy atom. The van der Waals surface area contributed by atoms with E-state index >= 15 is 0 Å². The Balaban J connectivity index is 3.16. The molecule has 0 atom stereocenters. The third-order valence-corrected chi connectivity index (χ3v) is 9.13. The standard InChI is InChI=1S/C14H19F5OSi/c1-7(2)21(20,8(3)4)6-5-9-10(15)12(17)14(19)13(18)11(9)16/h7-8,20H,5-6H2,1-4H3. The van der Waals surface area contributed by atoms with Crippen LogP contribution in [0.25, 0.3) is 0 Å². The molecule has 0 saturated heterocycles. The van der Waals surface area contributed by atoms with Gasteiger partial charge in [-0.25, -0.2) is 22.0 Å². The van der Waals surface area contributed by atoms with Gasteiger partial charge in [0.25, 0.3) is 0 Å². The van der Waals surface area contributed by atoms with Crippen LogP contribution >= 0.6 is 0 Å². The quantitative estimate of drug-likeness (QED) is 0.360. The summed E-state index contributed by atoms with van der Waals surface area (Å²) in [6.07, 6.45) is -0.370. The van der Waals surface area contributed by atoms with E-state index in [0.717, 1.165) is 0 Å². The lowest BCUT2D eigenvalue weighted by molar-refractivity contribution is 0.370. The molecule has 0 amide bonds. The normalized spacial score (nSPS) is 12.6. The molecule has 120 valence electrons. The van der Waals surface area contributed by atoms with Gasteiger partial charge in [-0.3, -0.25) is 0 Å². The van der Waals surface area contributed by atoms with Crippen molar-refractivity contribution in [1.82, 2.24) is 0 Å². The molecule has 21 heavy (non-hydrogen) atoms. The van der Waals surface area contributed by atoms with E-state index in [1.54, 1.807) is 27.7 Å². The molecule has 0 aliphatic carbocycles. The molecule has 1 aromatic rings. The largest absolute Gasteiger partial charge is 0.431 e. The molecule has 1 aromatic carbocycles. The SMILES string of the molecule is CC(C)[Si](O)(CCc1c(F)c(F)c(F)c(F)c1F)C(C)C. The second-order valence-corrected chi connectivity index (χ2v) is 10.6. The lowest BCUT2D eigenvalue weighted by Crippen LogP contribution is -2.41. The van der Waals surface area contributed by atoms with Gasteiger partial charge >= 0.3 is 0 Å². The lowest BCUT2D eigenvalue weighted by Gasteiger charge is -2.33. The molecule has 0 radical (unpaired) electrons. The molecule has 0 aliphatic heterocycles. The molecular weight excluding hydrogens is 307 g/mol. The van der Waals surface area contributed by atoms with Gasteiger partial charge in [-0.2, -0.15) is 0 Å². The van der Waals surface area contributed by atoms with Gasteiger partial charge in [0.2, 0.25) is 5.82 Å². The molecule has 0 bridgehead atoms. The van der Waals surface area contributed by atoms with Crippen molar-refractivity contribution in [2.75, 3.05) is 0 Å². The number of hydrogen-bond acceptors (Lipinski definition) is 1. The number of benzene rings is 1. The maximum Gasteiger partial charge on any atom is 0.200 e. The first-order chi connectivity index (χ1) is 9.54. The molecule has 0 unspecified atom stereocenters. The summed E-state index contributed by atoms with van der Waals surface area (Å²) in [5.74, 6) is -9.66. The predicted molar refractivity (Wildman–Crippen MR) is 72.9 cm³/mol.